The van der Waals surface area contributed by atoms with Crippen molar-refractivity contribution in [2.45, 2.75) is 39.3 Å². The molecule has 0 radical (unpaired) electrons. The Morgan fingerprint density at radius 3 is 2.05 bits per heavy atom. The minimum atomic E-state index is -1.50. The highest BCUT2D eigenvalue weighted by Crippen LogP contribution is 2.24. The lowest BCUT2D eigenvalue weighted by Crippen LogP contribution is -2.47. The Kier molecular flexibility index (Phi) is 6.30. The molecule has 20 heavy (non-hydrogen) atoms. The highest BCUT2D eigenvalue weighted by atomic mass is 35.7. The summed E-state index contributed by atoms with van der Waals surface area (Å²) in [5.74, 6) is 0.960. The highest BCUT2D eigenvalue weighted by molar-refractivity contribution is 7.75. The SMILES string of the molecule is COCOc1c(PCl)cc([Si](C)(C)C)cc1[Si](C)(C)C. The molecule has 1 atom stereocenters. The summed E-state index contributed by atoms with van der Waals surface area (Å²) in [5, 5.41) is 3.95. The molecule has 0 aliphatic rings. The largest absolute Gasteiger partial charge is 0.467 e. The van der Waals surface area contributed by atoms with Gasteiger partial charge in [0.15, 0.2) is 6.79 Å². The topological polar surface area (TPSA) is 18.5 Å². The maximum absolute atomic E-state index is 6.19. The minimum absolute atomic E-state index is 0.227. The molecular weight excluding hydrogens is 323 g/mol. The Morgan fingerprint density at radius 1 is 1.05 bits per heavy atom. The van der Waals surface area contributed by atoms with Crippen LogP contribution in [0.25, 0.3) is 0 Å². The Balaban J connectivity index is 3.48. The zero-order valence-corrected chi connectivity index (χ0v) is 17.3. The molecule has 0 bridgehead atoms. The number of rotatable bonds is 6. The maximum Gasteiger partial charge on any atom is 0.188 e. The Bertz CT molecular complexity index is 467. The smallest absolute Gasteiger partial charge is 0.188 e. The predicted octanol–water partition coefficient (Wildman–Crippen LogP) is 3.22. The van der Waals surface area contributed by atoms with Crippen LogP contribution in [0.3, 0.4) is 0 Å². The number of methoxy groups -OCH3 is 1. The summed E-state index contributed by atoms with van der Waals surface area (Å²) >= 11 is 6.19. The first-order valence-corrected chi connectivity index (χ1v) is 15.8. The van der Waals surface area contributed by atoms with Crippen LogP contribution in [0.15, 0.2) is 12.1 Å². The molecule has 1 unspecified atom stereocenters. The molecule has 114 valence electrons. The van der Waals surface area contributed by atoms with Gasteiger partial charge in [0.25, 0.3) is 0 Å². The molecule has 0 aliphatic carbocycles. The summed E-state index contributed by atoms with van der Waals surface area (Å²) in [6, 6.07) is 4.61. The van der Waals surface area contributed by atoms with Gasteiger partial charge < -0.3 is 9.47 Å². The van der Waals surface area contributed by atoms with Gasteiger partial charge in [0.1, 0.15) is 5.75 Å². The average Bonchev–Trinajstić information content (AvgIpc) is 2.32. The summed E-state index contributed by atoms with van der Waals surface area (Å²) in [5.41, 5.74) is 0. The molecule has 0 amide bonds. The average molecular weight is 349 g/mol. The van der Waals surface area contributed by atoms with Crippen molar-refractivity contribution in [1.29, 1.82) is 0 Å². The summed E-state index contributed by atoms with van der Waals surface area (Å²) in [4.78, 5) is 0. The van der Waals surface area contributed by atoms with Crippen LogP contribution in [0.4, 0.5) is 0 Å². The van der Waals surface area contributed by atoms with Crippen molar-refractivity contribution in [3.05, 3.63) is 12.1 Å². The van der Waals surface area contributed by atoms with Gasteiger partial charge in [-0.3, -0.25) is 0 Å². The summed E-state index contributed by atoms with van der Waals surface area (Å²) < 4.78 is 10.9. The first-order valence-electron chi connectivity index (χ1n) is 6.78. The van der Waals surface area contributed by atoms with Crippen molar-refractivity contribution in [3.63, 3.8) is 0 Å². The lowest BCUT2D eigenvalue weighted by Gasteiger charge is -2.27. The molecule has 1 aromatic rings. The van der Waals surface area contributed by atoms with Gasteiger partial charge in [-0.05, 0) is 5.19 Å². The third-order valence-electron chi connectivity index (χ3n) is 3.19. The number of hydrogen-bond acceptors (Lipinski definition) is 2. The zero-order valence-electron chi connectivity index (χ0n) is 13.6. The molecule has 0 N–H and O–H groups in total. The van der Waals surface area contributed by atoms with E-state index in [0.29, 0.717) is 0 Å². The van der Waals surface area contributed by atoms with E-state index < -0.39 is 16.1 Å². The number of benzene rings is 1. The number of hydrogen-bond donors (Lipinski definition) is 0. The molecule has 6 heteroatoms. The third kappa shape index (κ3) is 4.57. The quantitative estimate of drug-likeness (QED) is 0.446. The second kappa shape index (κ2) is 6.93. The van der Waals surface area contributed by atoms with Gasteiger partial charge in [0.05, 0.1) is 16.1 Å². The molecule has 0 heterocycles. The van der Waals surface area contributed by atoms with Crippen LogP contribution >= 0.6 is 19.2 Å². The van der Waals surface area contributed by atoms with Gasteiger partial charge in [0.2, 0.25) is 0 Å². The van der Waals surface area contributed by atoms with Crippen LogP contribution in [0.5, 0.6) is 5.75 Å². The second-order valence-electron chi connectivity index (χ2n) is 7.05. The van der Waals surface area contributed by atoms with E-state index in [-0.39, 0.29) is 14.7 Å². The van der Waals surface area contributed by atoms with Crippen molar-refractivity contribution in [3.8, 4) is 5.75 Å². The molecule has 2 nitrogen and oxygen atoms in total. The van der Waals surface area contributed by atoms with E-state index in [0.717, 1.165) is 11.1 Å². The Hall–Kier alpha value is 0.134. The third-order valence-corrected chi connectivity index (χ3v) is 8.38. The monoisotopic (exact) mass is 348 g/mol. The van der Waals surface area contributed by atoms with Crippen LogP contribution in [0.1, 0.15) is 0 Å². The predicted molar refractivity (Wildman–Crippen MR) is 98.7 cm³/mol. The van der Waals surface area contributed by atoms with E-state index in [1.807, 2.05) is 0 Å². The Labute approximate surface area is 131 Å². The second-order valence-corrected chi connectivity index (χ2v) is 18.5. The molecule has 0 spiro atoms. The van der Waals surface area contributed by atoms with E-state index in [4.69, 9.17) is 20.7 Å². The molecule has 1 aromatic carbocycles. The van der Waals surface area contributed by atoms with Crippen LogP contribution < -0.4 is 20.4 Å². The van der Waals surface area contributed by atoms with Gasteiger partial charge in [-0.25, -0.2) is 0 Å². The van der Waals surface area contributed by atoms with Crippen LogP contribution in [-0.2, 0) is 4.74 Å². The normalized spacial score (nSPS) is 13.2. The molecule has 0 aromatic heterocycles. The van der Waals surface area contributed by atoms with Crippen LogP contribution in [-0.4, -0.2) is 30.1 Å². The van der Waals surface area contributed by atoms with Crippen molar-refractivity contribution in [1.82, 2.24) is 0 Å². The lowest BCUT2D eigenvalue weighted by atomic mass is 10.3. The van der Waals surface area contributed by atoms with Crippen molar-refractivity contribution in [2.75, 3.05) is 13.9 Å². The zero-order chi connectivity index (χ0) is 15.6. The first kappa shape index (κ1) is 18.2. The van der Waals surface area contributed by atoms with Gasteiger partial charge in [0, 0.05) is 20.3 Å². The van der Waals surface area contributed by atoms with Crippen LogP contribution in [0.2, 0.25) is 39.3 Å². The Morgan fingerprint density at radius 2 is 1.65 bits per heavy atom. The maximum atomic E-state index is 6.19. The highest BCUT2D eigenvalue weighted by Gasteiger charge is 2.27. The molecule has 0 fully saturated rings. The standard InChI is InChI=1S/C14H26ClO2PSi2/c1-16-10-17-14-12(18-15)8-11(19(2,3)4)9-13(14)20(5,6)7/h8-9,18H,10H2,1-7H3. The van der Waals surface area contributed by atoms with Crippen molar-refractivity contribution < 1.29 is 9.47 Å². The van der Waals surface area contributed by atoms with E-state index in [1.165, 1.54) is 10.4 Å². The molecule has 0 saturated carbocycles. The lowest BCUT2D eigenvalue weighted by molar-refractivity contribution is 0.0526. The summed E-state index contributed by atoms with van der Waals surface area (Å²) in [7, 11) is -0.989. The number of halogens is 1. The molecule has 1 rings (SSSR count). The van der Waals surface area contributed by atoms with E-state index in [9.17, 15) is 0 Å². The van der Waals surface area contributed by atoms with Gasteiger partial charge in [-0.1, -0.05) is 67.8 Å². The van der Waals surface area contributed by atoms with Gasteiger partial charge in [-0.2, -0.15) is 0 Å². The van der Waals surface area contributed by atoms with Gasteiger partial charge in [-0.15, -0.1) is 0 Å². The molecule has 0 aliphatic heterocycles. The van der Waals surface area contributed by atoms with E-state index in [1.54, 1.807) is 7.11 Å². The van der Waals surface area contributed by atoms with E-state index in [2.05, 4.69) is 51.4 Å². The van der Waals surface area contributed by atoms with Crippen molar-refractivity contribution >= 4 is 51.0 Å². The minimum Gasteiger partial charge on any atom is -0.467 e. The van der Waals surface area contributed by atoms with Crippen LogP contribution in [0, 0.1) is 0 Å². The summed E-state index contributed by atoms with van der Waals surface area (Å²) in [6.07, 6.45) is 0. The number of ether oxygens (including phenoxy) is 2. The molecule has 0 saturated heterocycles. The van der Waals surface area contributed by atoms with E-state index >= 15 is 0 Å². The molecular formula is C14H26ClO2PSi2. The summed E-state index contributed by atoms with van der Waals surface area (Å²) in [6.45, 7) is 14.4. The fourth-order valence-corrected chi connectivity index (χ4v) is 5.93. The van der Waals surface area contributed by atoms with Gasteiger partial charge >= 0.3 is 0 Å². The first-order chi connectivity index (χ1) is 9.11. The fraction of sp³-hybridized carbons (Fsp3) is 0.571. The fourth-order valence-electron chi connectivity index (χ4n) is 1.96. The van der Waals surface area contributed by atoms with Crippen molar-refractivity contribution in [2.24, 2.45) is 0 Å².